The molecular formula is C30H34O4. The molecule has 2 saturated carbocycles. The molecule has 34 heavy (non-hydrogen) atoms. The largest absolute Gasteiger partial charge is 0.431 e. The Morgan fingerprint density at radius 1 is 0.971 bits per heavy atom. The second-order valence-electron chi connectivity index (χ2n) is 12.0. The number of allylic oxidation sites excluding steroid dienone is 1. The number of rotatable bonds is 3. The molecule has 2 aromatic carbocycles. The zero-order valence-corrected chi connectivity index (χ0v) is 20.8. The van der Waals surface area contributed by atoms with Crippen LogP contribution in [-0.4, -0.2) is 24.1 Å². The lowest BCUT2D eigenvalue weighted by molar-refractivity contribution is -0.177. The van der Waals surface area contributed by atoms with E-state index in [-0.39, 0.29) is 34.6 Å². The average Bonchev–Trinajstić information content (AvgIpc) is 3.26. The maximum atomic E-state index is 13.0. The number of hydrogen-bond donors (Lipinski definition) is 0. The summed E-state index contributed by atoms with van der Waals surface area (Å²) < 4.78 is 12.8. The molecule has 2 bridgehead atoms. The number of carbonyl (C=O) groups excluding carboxylic acids is 2. The summed E-state index contributed by atoms with van der Waals surface area (Å²) in [6, 6.07) is 15.1. The van der Waals surface area contributed by atoms with E-state index in [0.717, 1.165) is 18.4 Å². The van der Waals surface area contributed by atoms with Gasteiger partial charge in [0.05, 0.1) is 11.5 Å². The van der Waals surface area contributed by atoms with Crippen LogP contribution in [0, 0.1) is 22.2 Å². The van der Waals surface area contributed by atoms with E-state index in [2.05, 4.69) is 63.2 Å². The van der Waals surface area contributed by atoms with Gasteiger partial charge in [-0.15, -0.1) is 0 Å². The van der Waals surface area contributed by atoms with Crippen LogP contribution in [0.5, 0.6) is 0 Å². The van der Waals surface area contributed by atoms with Gasteiger partial charge in [-0.1, -0.05) is 63.2 Å². The van der Waals surface area contributed by atoms with Gasteiger partial charge < -0.3 is 9.47 Å². The normalized spacial score (nSPS) is 38.5. The molecule has 3 fully saturated rings. The summed E-state index contributed by atoms with van der Waals surface area (Å²) in [7, 11) is 0. The van der Waals surface area contributed by atoms with Crippen LogP contribution in [-0.2, 0) is 19.1 Å². The Kier molecular flexibility index (Phi) is 4.56. The molecule has 0 aromatic heterocycles. The predicted molar refractivity (Wildman–Crippen MR) is 131 cm³/mol. The van der Waals surface area contributed by atoms with Gasteiger partial charge in [0.15, 0.2) is 5.78 Å². The average molecular weight is 459 g/mol. The van der Waals surface area contributed by atoms with Crippen molar-refractivity contribution >= 4 is 22.5 Å². The first-order valence-electron chi connectivity index (χ1n) is 12.7. The van der Waals surface area contributed by atoms with Crippen molar-refractivity contribution in [3.05, 3.63) is 59.2 Å². The molecule has 0 amide bonds. The van der Waals surface area contributed by atoms with Gasteiger partial charge in [0.2, 0.25) is 6.29 Å². The summed E-state index contributed by atoms with van der Waals surface area (Å²) in [6.07, 6.45) is 2.29. The highest BCUT2D eigenvalue weighted by Gasteiger charge is 2.68. The van der Waals surface area contributed by atoms with Crippen LogP contribution >= 0.6 is 0 Å². The molecule has 1 aliphatic heterocycles. The molecule has 4 aliphatic rings. The van der Waals surface area contributed by atoms with Crippen molar-refractivity contribution in [2.24, 2.45) is 22.2 Å². The molecule has 4 heteroatoms. The van der Waals surface area contributed by atoms with Crippen molar-refractivity contribution in [1.82, 2.24) is 0 Å². The number of hydrogen-bond acceptors (Lipinski definition) is 4. The molecule has 0 unspecified atom stereocenters. The molecule has 1 saturated heterocycles. The predicted octanol–water partition coefficient (Wildman–Crippen LogP) is 6.33. The molecule has 178 valence electrons. The lowest BCUT2D eigenvalue weighted by atomic mass is 9.64. The summed E-state index contributed by atoms with van der Waals surface area (Å²) in [6.45, 7) is 10.9. The summed E-state index contributed by atoms with van der Waals surface area (Å²) in [5.74, 6) is 0.380. The van der Waals surface area contributed by atoms with Crippen LogP contribution in [0.3, 0.4) is 0 Å². The van der Waals surface area contributed by atoms with E-state index in [9.17, 15) is 9.59 Å². The third-order valence-corrected chi connectivity index (χ3v) is 10.4. The monoisotopic (exact) mass is 458 g/mol. The highest BCUT2D eigenvalue weighted by molar-refractivity contribution is 6.00. The Balaban J connectivity index is 1.47. The van der Waals surface area contributed by atoms with Crippen molar-refractivity contribution in [1.29, 1.82) is 0 Å². The molecule has 6 atom stereocenters. The number of esters is 1. The van der Waals surface area contributed by atoms with Gasteiger partial charge in [0.25, 0.3) is 0 Å². The molecule has 3 aliphatic carbocycles. The molecule has 6 rings (SSSR count). The number of fused-ring (bicyclic) bond motifs is 4. The standard InChI is InChI=1S/C30H34O4/c1-17-22(31)14-15-29(4)23(17)26(34-27(29)32)33-25-21-13-16-30(5,28(21,2)3)24(25)20-12-8-10-18-9-6-7-11-19(18)20/h6-12,21,24-26H,13-16H2,1-5H3/t21-,24-,25-,26+,29-,30+/m1/s1. The maximum Gasteiger partial charge on any atom is 0.318 e. The van der Waals surface area contributed by atoms with Gasteiger partial charge >= 0.3 is 5.97 Å². The Morgan fingerprint density at radius 3 is 2.50 bits per heavy atom. The zero-order valence-electron chi connectivity index (χ0n) is 20.8. The smallest absolute Gasteiger partial charge is 0.318 e. The van der Waals surface area contributed by atoms with Gasteiger partial charge in [-0.25, -0.2) is 0 Å². The quantitative estimate of drug-likeness (QED) is 0.504. The SMILES string of the molecule is CC1=C2[C@@H](O[C@@H]3[C@H]4CC[C@@](C)([C@@H]3c3cccc5ccccc35)C4(C)C)OC(=O)[C@]2(C)CCC1=O. The molecule has 0 spiro atoms. The topological polar surface area (TPSA) is 52.6 Å². The van der Waals surface area contributed by atoms with E-state index in [1.807, 2.05) is 13.8 Å². The molecular weight excluding hydrogens is 424 g/mol. The molecule has 1 heterocycles. The lowest BCUT2D eigenvalue weighted by Crippen LogP contribution is -2.38. The molecule has 0 radical (unpaired) electrons. The Labute approximate surface area is 201 Å². The van der Waals surface area contributed by atoms with E-state index in [1.54, 1.807) is 0 Å². The number of ether oxygens (including phenoxy) is 2. The Morgan fingerprint density at radius 2 is 1.71 bits per heavy atom. The third-order valence-electron chi connectivity index (χ3n) is 10.4. The minimum absolute atomic E-state index is 0.0597. The first-order chi connectivity index (χ1) is 16.1. The third kappa shape index (κ3) is 2.64. The number of ketones is 1. The maximum absolute atomic E-state index is 13.0. The second kappa shape index (κ2) is 7.04. The van der Waals surface area contributed by atoms with E-state index in [0.29, 0.717) is 24.3 Å². The fourth-order valence-electron chi connectivity index (χ4n) is 7.93. The van der Waals surface area contributed by atoms with Gasteiger partial charge in [-0.05, 0) is 71.8 Å². The fraction of sp³-hybridized carbons (Fsp3) is 0.533. The molecule has 2 aromatic rings. The molecule has 4 nitrogen and oxygen atoms in total. The number of carbonyl (C=O) groups is 2. The van der Waals surface area contributed by atoms with Crippen molar-refractivity contribution in [2.45, 2.75) is 78.6 Å². The number of cyclic esters (lactones) is 1. The summed E-state index contributed by atoms with van der Waals surface area (Å²) in [5.41, 5.74) is 2.12. The highest BCUT2D eigenvalue weighted by Crippen LogP contribution is 2.72. The van der Waals surface area contributed by atoms with Gasteiger partial charge in [-0.2, -0.15) is 0 Å². The number of Topliss-reactive ketones (excluding diaryl/α,β-unsaturated/α-hetero) is 1. The van der Waals surface area contributed by atoms with Gasteiger partial charge in [0, 0.05) is 17.9 Å². The Bertz CT molecular complexity index is 1250. The van der Waals surface area contributed by atoms with Crippen molar-refractivity contribution in [2.75, 3.05) is 0 Å². The van der Waals surface area contributed by atoms with E-state index >= 15 is 0 Å². The van der Waals surface area contributed by atoms with E-state index < -0.39 is 11.7 Å². The lowest BCUT2D eigenvalue weighted by Gasteiger charge is -2.41. The van der Waals surface area contributed by atoms with Gasteiger partial charge in [0.1, 0.15) is 0 Å². The van der Waals surface area contributed by atoms with Crippen molar-refractivity contribution < 1.29 is 19.1 Å². The highest BCUT2D eigenvalue weighted by atomic mass is 16.7. The summed E-state index contributed by atoms with van der Waals surface area (Å²) in [5, 5.41) is 2.50. The van der Waals surface area contributed by atoms with Crippen LogP contribution in [0.1, 0.15) is 71.8 Å². The fourth-order valence-corrected chi connectivity index (χ4v) is 7.93. The summed E-state index contributed by atoms with van der Waals surface area (Å²) >= 11 is 0. The van der Waals surface area contributed by atoms with Crippen LogP contribution in [0.2, 0.25) is 0 Å². The van der Waals surface area contributed by atoms with Crippen LogP contribution in [0.15, 0.2) is 53.6 Å². The zero-order chi connectivity index (χ0) is 24.0. The van der Waals surface area contributed by atoms with Crippen LogP contribution < -0.4 is 0 Å². The van der Waals surface area contributed by atoms with Crippen molar-refractivity contribution in [3.63, 3.8) is 0 Å². The van der Waals surface area contributed by atoms with Gasteiger partial charge in [-0.3, -0.25) is 9.59 Å². The van der Waals surface area contributed by atoms with E-state index in [4.69, 9.17) is 9.47 Å². The first-order valence-corrected chi connectivity index (χ1v) is 12.7. The summed E-state index contributed by atoms with van der Waals surface area (Å²) in [4.78, 5) is 25.6. The van der Waals surface area contributed by atoms with E-state index in [1.165, 1.54) is 16.3 Å². The first kappa shape index (κ1) is 22.0. The van der Waals surface area contributed by atoms with Crippen LogP contribution in [0.4, 0.5) is 0 Å². The second-order valence-corrected chi connectivity index (χ2v) is 12.0. The van der Waals surface area contributed by atoms with Crippen LogP contribution in [0.25, 0.3) is 10.8 Å². The van der Waals surface area contributed by atoms with Crippen molar-refractivity contribution in [3.8, 4) is 0 Å². The number of benzene rings is 2. The minimum Gasteiger partial charge on any atom is -0.431 e. The minimum atomic E-state index is -0.775. The Hall–Kier alpha value is -2.46. The molecule has 0 N–H and O–H groups in total.